The van der Waals surface area contributed by atoms with Gasteiger partial charge >= 0.3 is 0 Å². The van der Waals surface area contributed by atoms with Crippen molar-refractivity contribution >= 4 is 21.8 Å². The molecule has 0 radical (unpaired) electrons. The molecule has 1 aromatic heterocycles. The molecule has 1 heterocycles. The fourth-order valence-electron chi connectivity index (χ4n) is 3.11. The highest BCUT2D eigenvalue weighted by Gasteiger charge is 2.11. The molecule has 0 aliphatic carbocycles. The second-order valence-electron chi connectivity index (χ2n) is 7.14. The van der Waals surface area contributed by atoms with E-state index in [9.17, 15) is 4.79 Å². The molecule has 0 fully saturated rings. The Kier molecular flexibility index (Phi) is 10.1. The van der Waals surface area contributed by atoms with E-state index < -0.39 is 0 Å². The number of unbranched alkanes of at least 4 members (excludes halogenated alkanes) is 6. The third-order valence-electron chi connectivity index (χ3n) is 4.63. The van der Waals surface area contributed by atoms with Gasteiger partial charge in [-0.25, -0.2) is 0 Å². The van der Waals surface area contributed by atoms with Gasteiger partial charge < -0.3 is 10.1 Å². The normalized spacial score (nSPS) is 10.8. The highest BCUT2D eigenvalue weighted by molar-refractivity contribution is 9.09. The zero-order valence-electron chi connectivity index (χ0n) is 17.0. The third kappa shape index (κ3) is 8.05. The van der Waals surface area contributed by atoms with Crippen molar-refractivity contribution in [3.05, 3.63) is 47.3 Å². The van der Waals surface area contributed by atoms with Gasteiger partial charge in [0.1, 0.15) is 11.4 Å². The van der Waals surface area contributed by atoms with Gasteiger partial charge in [0.25, 0.3) is 5.91 Å². The molecule has 1 aromatic carbocycles. The first kappa shape index (κ1) is 22.5. The zero-order valence-corrected chi connectivity index (χ0v) is 18.6. The van der Waals surface area contributed by atoms with Gasteiger partial charge in [-0.15, -0.1) is 0 Å². The van der Waals surface area contributed by atoms with Crippen LogP contribution in [0.15, 0.2) is 30.3 Å². The van der Waals surface area contributed by atoms with Crippen LogP contribution in [0.1, 0.15) is 66.7 Å². The lowest BCUT2D eigenvalue weighted by Crippen LogP contribution is -2.25. The van der Waals surface area contributed by atoms with Gasteiger partial charge in [-0.05, 0) is 43.5 Å². The summed E-state index contributed by atoms with van der Waals surface area (Å²) in [4.78, 5) is 12.3. The number of benzene rings is 1. The molecule has 154 valence electrons. The van der Waals surface area contributed by atoms with Crippen molar-refractivity contribution in [2.45, 2.75) is 58.4 Å². The molecule has 0 saturated heterocycles. The summed E-state index contributed by atoms with van der Waals surface area (Å²) >= 11 is 3.47. The van der Waals surface area contributed by atoms with Crippen LogP contribution in [-0.2, 0) is 13.6 Å². The second-order valence-corrected chi connectivity index (χ2v) is 7.93. The fraction of sp³-hybridized carbons (Fsp3) is 0.545. The highest BCUT2D eigenvalue weighted by atomic mass is 79.9. The minimum atomic E-state index is -0.120. The minimum Gasteiger partial charge on any atom is -0.494 e. The topological polar surface area (TPSA) is 56.1 Å². The van der Waals surface area contributed by atoms with E-state index in [4.69, 9.17) is 4.74 Å². The maximum atomic E-state index is 12.3. The number of amides is 1. The number of ether oxygens (including phenoxy) is 1. The number of hydrogen-bond acceptors (Lipinski definition) is 3. The molecule has 1 N–H and O–H groups in total. The van der Waals surface area contributed by atoms with E-state index in [1.54, 1.807) is 17.8 Å². The molecule has 0 bridgehead atoms. The lowest BCUT2D eigenvalue weighted by Gasteiger charge is -2.09. The molecular weight excluding hydrogens is 418 g/mol. The number of rotatable bonds is 13. The van der Waals surface area contributed by atoms with Crippen molar-refractivity contribution in [3.8, 4) is 5.75 Å². The number of aryl methyl sites for hydroxylation is 2. The van der Waals surface area contributed by atoms with Crippen LogP contribution in [0.25, 0.3) is 0 Å². The predicted molar refractivity (Wildman–Crippen MR) is 117 cm³/mol. The van der Waals surface area contributed by atoms with Gasteiger partial charge in [0.05, 0.1) is 12.3 Å². The lowest BCUT2D eigenvalue weighted by molar-refractivity contribution is 0.0941. The first-order valence-electron chi connectivity index (χ1n) is 10.2. The number of nitrogens with one attached hydrogen (secondary N) is 1. The summed E-state index contributed by atoms with van der Waals surface area (Å²) < 4.78 is 7.48. The SMILES string of the molecule is Cc1cc(C(=O)NCc2cccc(OCCCCCCCCCBr)c2)n(C)n1. The van der Waals surface area contributed by atoms with E-state index >= 15 is 0 Å². The maximum Gasteiger partial charge on any atom is 0.269 e. The maximum absolute atomic E-state index is 12.3. The number of carbonyl (C=O) groups is 1. The Morgan fingerprint density at radius 3 is 2.50 bits per heavy atom. The molecule has 0 aliphatic heterocycles. The average molecular weight is 450 g/mol. The molecule has 2 aromatic rings. The summed E-state index contributed by atoms with van der Waals surface area (Å²) in [5, 5.41) is 8.27. The van der Waals surface area contributed by atoms with E-state index in [0.717, 1.165) is 35.4 Å². The van der Waals surface area contributed by atoms with Crippen molar-refractivity contribution in [1.82, 2.24) is 15.1 Å². The van der Waals surface area contributed by atoms with E-state index in [-0.39, 0.29) is 5.91 Å². The molecule has 5 nitrogen and oxygen atoms in total. The van der Waals surface area contributed by atoms with Gasteiger partial charge in [-0.3, -0.25) is 9.48 Å². The first-order valence-corrected chi connectivity index (χ1v) is 11.3. The number of nitrogens with zero attached hydrogens (tertiary/aromatic N) is 2. The summed E-state index contributed by atoms with van der Waals surface area (Å²) in [6.07, 6.45) is 8.84. The fourth-order valence-corrected chi connectivity index (χ4v) is 3.51. The average Bonchev–Trinajstić information content (AvgIpc) is 3.03. The van der Waals surface area contributed by atoms with E-state index in [0.29, 0.717) is 12.2 Å². The standard InChI is InChI=1S/C22H32BrN3O2/c1-18-15-21(26(2)25-18)22(27)24-17-19-11-10-12-20(16-19)28-14-9-7-5-3-4-6-8-13-23/h10-12,15-16H,3-9,13-14,17H2,1-2H3,(H,24,27). The number of alkyl halides is 1. The van der Waals surface area contributed by atoms with Gasteiger partial charge in [0.15, 0.2) is 0 Å². The Bertz CT molecular complexity index is 730. The van der Waals surface area contributed by atoms with Crippen LogP contribution < -0.4 is 10.1 Å². The Balaban J connectivity index is 1.66. The van der Waals surface area contributed by atoms with E-state index in [1.807, 2.05) is 31.2 Å². The van der Waals surface area contributed by atoms with Gasteiger partial charge in [0, 0.05) is 18.9 Å². The quantitative estimate of drug-likeness (QED) is 0.339. The van der Waals surface area contributed by atoms with E-state index in [2.05, 4.69) is 26.3 Å². The Labute approximate surface area is 177 Å². The summed E-state index contributed by atoms with van der Waals surface area (Å²) in [5.74, 6) is 0.742. The van der Waals surface area contributed by atoms with Crippen LogP contribution in [0, 0.1) is 6.92 Å². The van der Waals surface area contributed by atoms with Crippen molar-refractivity contribution in [2.75, 3.05) is 11.9 Å². The van der Waals surface area contributed by atoms with Crippen molar-refractivity contribution in [3.63, 3.8) is 0 Å². The smallest absolute Gasteiger partial charge is 0.269 e. The van der Waals surface area contributed by atoms with Gasteiger partial charge in [0.2, 0.25) is 0 Å². The van der Waals surface area contributed by atoms with Crippen molar-refractivity contribution in [2.24, 2.45) is 7.05 Å². The predicted octanol–water partition coefficient (Wildman–Crippen LogP) is 5.16. The van der Waals surface area contributed by atoms with Crippen LogP contribution in [0.5, 0.6) is 5.75 Å². The minimum absolute atomic E-state index is 0.120. The molecule has 0 saturated carbocycles. The molecule has 2 rings (SSSR count). The highest BCUT2D eigenvalue weighted by Crippen LogP contribution is 2.15. The van der Waals surface area contributed by atoms with Gasteiger partial charge in [-0.2, -0.15) is 5.10 Å². The Morgan fingerprint density at radius 2 is 1.82 bits per heavy atom. The molecule has 0 atom stereocenters. The third-order valence-corrected chi connectivity index (χ3v) is 5.19. The molecule has 1 amide bonds. The van der Waals surface area contributed by atoms with Crippen LogP contribution in [0.4, 0.5) is 0 Å². The van der Waals surface area contributed by atoms with Crippen molar-refractivity contribution in [1.29, 1.82) is 0 Å². The number of hydrogen-bond donors (Lipinski definition) is 1. The van der Waals surface area contributed by atoms with E-state index in [1.165, 1.54) is 38.5 Å². The van der Waals surface area contributed by atoms with Crippen molar-refractivity contribution < 1.29 is 9.53 Å². The van der Waals surface area contributed by atoms with Crippen LogP contribution >= 0.6 is 15.9 Å². The largest absolute Gasteiger partial charge is 0.494 e. The number of halogens is 1. The summed E-state index contributed by atoms with van der Waals surface area (Å²) in [5.41, 5.74) is 2.43. The zero-order chi connectivity index (χ0) is 20.2. The Morgan fingerprint density at radius 1 is 1.11 bits per heavy atom. The Hall–Kier alpha value is -1.82. The first-order chi connectivity index (χ1) is 13.6. The lowest BCUT2D eigenvalue weighted by atomic mass is 10.1. The molecule has 0 aliphatic rings. The number of aromatic nitrogens is 2. The molecule has 0 spiro atoms. The summed E-state index contributed by atoms with van der Waals surface area (Å²) in [7, 11) is 1.78. The number of carbonyl (C=O) groups excluding carboxylic acids is 1. The second kappa shape index (κ2) is 12.6. The monoisotopic (exact) mass is 449 g/mol. The summed E-state index contributed by atoms with van der Waals surface area (Å²) in [6, 6.07) is 9.71. The summed E-state index contributed by atoms with van der Waals surface area (Å²) in [6.45, 7) is 3.09. The molecule has 6 heteroatoms. The molecule has 0 unspecified atom stereocenters. The van der Waals surface area contributed by atoms with Crippen LogP contribution in [0.2, 0.25) is 0 Å². The molecule has 28 heavy (non-hydrogen) atoms. The molecular formula is C22H32BrN3O2. The van der Waals surface area contributed by atoms with Gasteiger partial charge in [-0.1, -0.05) is 60.2 Å². The van der Waals surface area contributed by atoms with Crippen LogP contribution in [0.3, 0.4) is 0 Å². The van der Waals surface area contributed by atoms with Crippen LogP contribution in [-0.4, -0.2) is 27.6 Å².